The smallest absolute Gasteiger partial charge is 0.397 e. The van der Waals surface area contributed by atoms with Crippen molar-refractivity contribution in [1.82, 2.24) is 10.6 Å². The molecule has 0 aliphatic heterocycles. The van der Waals surface area contributed by atoms with Gasteiger partial charge in [-0.2, -0.15) is 13.2 Å². The van der Waals surface area contributed by atoms with Crippen LogP contribution in [0.3, 0.4) is 0 Å². The van der Waals surface area contributed by atoms with Crippen LogP contribution in [0.15, 0.2) is 30.3 Å². The summed E-state index contributed by atoms with van der Waals surface area (Å²) >= 11 is 0. The molecule has 0 saturated heterocycles. The van der Waals surface area contributed by atoms with E-state index in [1.165, 1.54) is 24.3 Å². The summed E-state index contributed by atoms with van der Waals surface area (Å²) in [5, 5.41) is 13.8. The molecule has 2 amide bonds. The van der Waals surface area contributed by atoms with Crippen molar-refractivity contribution >= 4 is 12.0 Å². The van der Waals surface area contributed by atoms with E-state index >= 15 is 0 Å². The van der Waals surface area contributed by atoms with E-state index in [4.69, 9.17) is 5.11 Å². The fourth-order valence-corrected chi connectivity index (χ4v) is 3.02. The first-order chi connectivity index (χ1) is 11.8. The summed E-state index contributed by atoms with van der Waals surface area (Å²) in [4.78, 5) is 22.8. The number of hydrogen-bond acceptors (Lipinski definition) is 2. The molecule has 0 radical (unpaired) electrons. The Labute approximate surface area is 143 Å². The van der Waals surface area contributed by atoms with Gasteiger partial charge in [-0.25, -0.2) is 4.79 Å². The molecule has 1 unspecified atom stereocenters. The zero-order chi connectivity index (χ0) is 18.4. The molecule has 3 N–H and O–H groups in total. The molecule has 25 heavy (non-hydrogen) atoms. The third kappa shape index (κ3) is 5.65. The van der Waals surface area contributed by atoms with Crippen LogP contribution in [0.5, 0.6) is 0 Å². The Hall–Kier alpha value is -2.25. The molecular weight excluding hydrogens is 337 g/mol. The van der Waals surface area contributed by atoms with E-state index in [1.54, 1.807) is 6.07 Å². The zero-order valence-electron chi connectivity index (χ0n) is 13.6. The molecule has 8 heteroatoms. The number of aliphatic carboxylic acids is 1. The van der Waals surface area contributed by atoms with E-state index < -0.39 is 36.6 Å². The maximum Gasteiger partial charge on any atom is 0.397 e. The Kier molecular flexibility index (Phi) is 6.27. The van der Waals surface area contributed by atoms with Gasteiger partial charge in [0.2, 0.25) is 0 Å². The van der Waals surface area contributed by atoms with Gasteiger partial charge >= 0.3 is 18.2 Å². The number of carboxylic acids is 1. The van der Waals surface area contributed by atoms with Crippen LogP contribution in [0.1, 0.15) is 37.2 Å². The van der Waals surface area contributed by atoms with E-state index in [0.717, 1.165) is 0 Å². The predicted molar refractivity (Wildman–Crippen MR) is 85.2 cm³/mol. The third-order valence-corrected chi connectivity index (χ3v) is 4.48. The van der Waals surface area contributed by atoms with Crippen molar-refractivity contribution in [3.8, 4) is 0 Å². The Balaban J connectivity index is 1.85. The first-order valence-electron chi connectivity index (χ1n) is 8.16. The van der Waals surface area contributed by atoms with E-state index in [9.17, 15) is 22.8 Å². The molecule has 138 valence electrons. The molecule has 0 aromatic heterocycles. The Morgan fingerprint density at radius 3 is 2.24 bits per heavy atom. The standard InChI is InChI=1S/C17H21F3N2O3/c18-17(19,20)14(11-4-2-1-3-5-11)10-21-16(25)22-13-8-6-12(7-9-13)15(23)24/h1-5,12-14H,6-10H2,(H,23,24)(H2,21,22,25). The lowest BCUT2D eigenvalue weighted by molar-refractivity contribution is -0.149. The Morgan fingerprint density at radius 2 is 1.72 bits per heavy atom. The van der Waals surface area contributed by atoms with Crippen LogP contribution in [0.25, 0.3) is 0 Å². The molecule has 2 rings (SSSR count). The molecule has 5 nitrogen and oxygen atoms in total. The van der Waals surface area contributed by atoms with Gasteiger partial charge in [-0.05, 0) is 31.2 Å². The fourth-order valence-electron chi connectivity index (χ4n) is 3.02. The molecular formula is C17H21F3N2O3. The van der Waals surface area contributed by atoms with Crippen molar-refractivity contribution in [3.63, 3.8) is 0 Å². The molecule has 0 bridgehead atoms. The fraction of sp³-hybridized carbons (Fsp3) is 0.529. The van der Waals surface area contributed by atoms with Gasteiger partial charge in [0, 0.05) is 12.6 Å². The lowest BCUT2D eigenvalue weighted by Gasteiger charge is -2.27. The molecule has 1 atom stereocenters. The highest BCUT2D eigenvalue weighted by Gasteiger charge is 2.40. The molecule has 1 aliphatic rings. The maximum absolute atomic E-state index is 13.2. The monoisotopic (exact) mass is 358 g/mol. The van der Waals surface area contributed by atoms with Crippen LogP contribution in [-0.2, 0) is 4.79 Å². The molecule has 1 fully saturated rings. The van der Waals surface area contributed by atoms with Crippen LogP contribution < -0.4 is 10.6 Å². The largest absolute Gasteiger partial charge is 0.481 e. The molecule has 1 aliphatic carbocycles. The summed E-state index contributed by atoms with van der Waals surface area (Å²) in [5.74, 6) is -3.03. The summed E-state index contributed by atoms with van der Waals surface area (Å²) in [6.07, 6.45) is -2.54. The summed E-state index contributed by atoms with van der Waals surface area (Å²) in [7, 11) is 0. The highest BCUT2D eigenvalue weighted by atomic mass is 19.4. The summed E-state index contributed by atoms with van der Waals surface area (Å²) in [6.45, 7) is -0.552. The van der Waals surface area contributed by atoms with Gasteiger partial charge in [0.1, 0.15) is 0 Å². The third-order valence-electron chi connectivity index (χ3n) is 4.48. The molecule has 1 aromatic rings. The number of carbonyl (C=O) groups is 2. The summed E-state index contributed by atoms with van der Waals surface area (Å²) in [5.41, 5.74) is 0.0947. The van der Waals surface area contributed by atoms with Crippen molar-refractivity contribution in [3.05, 3.63) is 35.9 Å². The van der Waals surface area contributed by atoms with Crippen LogP contribution in [0.2, 0.25) is 0 Å². The molecule has 1 aromatic carbocycles. The van der Waals surface area contributed by atoms with Crippen LogP contribution in [0.4, 0.5) is 18.0 Å². The predicted octanol–water partition coefficient (Wildman–Crippen LogP) is 3.28. The van der Waals surface area contributed by atoms with E-state index in [1.807, 2.05) is 0 Å². The van der Waals surface area contributed by atoms with Gasteiger partial charge in [0.05, 0.1) is 11.8 Å². The average Bonchev–Trinajstić information content (AvgIpc) is 2.55. The number of rotatable bonds is 5. The SMILES string of the molecule is O=C(NCC(c1ccccc1)C(F)(F)F)NC1CCC(C(=O)O)CC1. The lowest BCUT2D eigenvalue weighted by atomic mass is 9.86. The number of benzene rings is 1. The van der Waals surface area contributed by atoms with Crippen LogP contribution >= 0.6 is 0 Å². The van der Waals surface area contributed by atoms with Crippen molar-refractivity contribution < 1.29 is 27.9 Å². The van der Waals surface area contributed by atoms with Crippen LogP contribution in [-0.4, -0.2) is 35.9 Å². The second kappa shape index (κ2) is 8.22. The van der Waals surface area contributed by atoms with Crippen molar-refractivity contribution in [1.29, 1.82) is 0 Å². The van der Waals surface area contributed by atoms with Gasteiger partial charge in [0.15, 0.2) is 0 Å². The Bertz CT molecular complexity index is 585. The number of urea groups is 1. The van der Waals surface area contributed by atoms with Crippen molar-refractivity contribution in [2.75, 3.05) is 6.54 Å². The van der Waals surface area contributed by atoms with Gasteiger partial charge in [0.25, 0.3) is 0 Å². The van der Waals surface area contributed by atoms with E-state index in [-0.39, 0.29) is 11.6 Å². The van der Waals surface area contributed by atoms with Gasteiger partial charge in [-0.3, -0.25) is 4.79 Å². The normalized spacial score (nSPS) is 22.0. The van der Waals surface area contributed by atoms with Gasteiger partial charge in [-0.15, -0.1) is 0 Å². The summed E-state index contributed by atoms with van der Waals surface area (Å²) < 4.78 is 39.6. The van der Waals surface area contributed by atoms with Crippen molar-refractivity contribution in [2.24, 2.45) is 5.92 Å². The van der Waals surface area contributed by atoms with Gasteiger partial charge < -0.3 is 15.7 Å². The minimum atomic E-state index is -4.46. The first-order valence-corrected chi connectivity index (χ1v) is 8.16. The highest BCUT2D eigenvalue weighted by molar-refractivity contribution is 5.74. The number of nitrogens with one attached hydrogen (secondary N) is 2. The Morgan fingerprint density at radius 1 is 1.12 bits per heavy atom. The van der Waals surface area contributed by atoms with Gasteiger partial charge in [-0.1, -0.05) is 30.3 Å². The quantitative estimate of drug-likeness (QED) is 0.756. The average molecular weight is 358 g/mol. The van der Waals surface area contributed by atoms with E-state index in [0.29, 0.717) is 25.7 Å². The minimum absolute atomic E-state index is 0.0947. The zero-order valence-corrected chi connectivity index (χ0v) is 13.6. The molecule has 0 spiro atoms. The molecule has 1 saturated carbocycles. The maximum atomic E-state index is 13.2. The minimum Gasteiger partial charge on any atom is -0.481 e. The number of halogens is 3. The number of carboxylic acid groups (broad SMARTS) is 1. The second-order valence-corrected chi connectivity index (χ2v) is 6.25. The van der Waals surface area contributed by atoms with Crippen LogP contribution in [0, 0.1) is 5.92 Å². The number of amides is 2. The number of hydrogen-bond donors (Lipinski definition) is 3. The number of carbonyl (C=O) groups excluding carboxylic acids is 1. The number of alkyl halides is 3. The second-order valence-electron chi connectivity index (χ2n) is 6.25. The van der Waals surface area contributed by atoms with E-state index in [2.05, 4.69) is 10.6 Å². The highest BCUT2D eigenvalue weighted by Crippen LogP contribution is 2.34. The molecule has 0 heterocycles. The topological polar surface area (TPSA) is 78.4 Å². The first kappa shape index (κ1) is 19.1. The van der Waals surface area contributed by atoms with Crippen molar-refractivity contribution in [2.45, 2.75) is 43.8 Å². The summed E-state index contributed by atoms with van der Waals surface area (Å²) in [6, 6.07) is 6.56. The lowest BCUT2D eigenvalue weighted by Crippen LogP contribution is -2.46.